The Morgan fingerprint density at radius 3 is 2.62 bits per heavy atom. The van der Waals surface area contributed by atoms with Crippen LogP contribution in [0.2, 0.25) is 0 Å². The summed E-state index contributed by atoms with van der Waals surface area (Å²) >= 11 is 6.39. The highest BCUT2D eigenvalue weighted by Crippen LogP contribution is 2.17. The van der Waals surface area contributed by atoms with E-state index in [1.807, 2.05) is 12.1 Å². The van der Waals surface area contributed by atoms with Crippen LogP contribution < -0.4 is 11.1 Å². The van der Waals surface area contributed by atoms with Crippen molar-refractivity contribution in [2.75, 3.05) is 0 Å². The van der Waals surface area contributed by atoms with Gasteiger partial charge in [0.25, 0.3) is 5.91 Å². The summed E-state index contributed by atoms with van der Waals surface area (Å²) in [6, 6.07) is 3.79. The SMILES string of the molecule is CCc1ccc(C(=O)NC(C)(C)C(N)=S)s1. The Kier molecular flexibility index (Phi) is 4.04. The number of nitrogens with two attached hydrogens (primary N) is 1. The van der Waals surface area contributed by atoms with Crippen LogP contribution in [-0.2, 0) is 6.42 Å². The average Bonchev–Trinajstić information content (AvgIpc) is 2.64. The van der Waals surface area contributed by atoms with E-state index in [2.05, 4.69) is 12.2 Å². The Labute approximate surface area is 105 Å². The molecule has 1 amide bonds. The summed E-state index contributed by atoms with van der Waals surface area (Å²) in [5, 5.41) is 2.81. The monoisotopic (exact) mass is 256 g/mol. The largest absolute Gasteiger partial charge is 0.391 e. The summed E-state index contributed by atoms with van der Waals surface area (Å²) < 4.78 is 0. The number of amides is 1. The molecule has 0 atom stereocenters. The molecule has 0 aromatic carbocycles. The van der Waals surface area contributed by atoms with Crippen LogP contribution >= 0.6 is 23.6 Å². The predicted octanol–water partition coefficient (Wildman–Crippen LogP) is 2.10. The zero-order chi connectivity index (χ0) is 12.3. The standard InChI is InChI=1S/C11H16N2OS2/c1-4-7-5-6-8(16-7)9(14)13-11(2,3)10(12)15/h5-6H,4H2,1-3H3,(H2,12,15)(H,13,14). The van der Waals surface area contributed by atoms with Crippen LogP contribution in [0.25, 0.3) is 0 Å². The minimum atomic E-state index is -0.650. The number of carbonyl (C=O) groups excluding carboxylic acids is 1. The lowest BCUT2D eigenvalue weighted by Crippen LogP contribution is -2.51. The van der Waals surface area contributed by atoms with Crippen LogP contribution in [0.3, 0.4) is 0 Å². The normalized spacial score (nSPS) is 11.2. The summed E-state index contributed by atoms with van der Waals surface area (Å²) in [5.41, 5.74) is 4.90. The van der Waals surface area contributed by atoms with Gasteiger partial charge in [-0.3, -0.25) is 4.79 Å². The van der Waals surface area contributed by atoms with Gasteiger partial charge >= 0.3 is 0 Å². The third kappa shape index (κ3) is 3.02. The first-order valence-electron chi connectivity index (χ1n) is 5.08. The quantitative estimate of drug-likeness (QED) is 0.811. The second-order valence-corrected chi connectivity index (χ2v) is 5.67. The maximum absolute atomic E-state index is 11.9. The highest BCUT2D eigenvalue weighted by atomic mass is 32.1. The molecular formula is C11H16N2OS2. The van der Waals surface area contributed by atoms with Gasteiger partial charge in [0.1, 0.15) is 0 Å². The molecule has 1 aromatic rings. The van der Waals surface area contributed by atoms with Crippen molar-refractivity contribution in [3.63, 3.8) is 0 Å². The number of rotatable bonds is 4. The Bertz CT molecular complexity index is 410. The molecule has 3 N–H and O–H groups in total. The average molecular weight is 256 g/mol. The molecule has 1 heterocycles. The van der Waals surface area contributed by atoms with Crippen molar-refractivity contribution >= 4 is 34.5 Å². The molecular weight excluding hydrogens is 240 g/mol. The van der Waals surface area contributed by atoms with E-state index in [4.69, 9.17) is 18.0 Å². The molecule has 0 spiro atoms. The lowest BCUT2D eigenvalue weighted by molar-refractivity contribution is 0.0936. The number of hydrogen-bond acceptors (Lipinski definition) is 3. The predicted molar refractivity (Wildman–Crippen MR) is 72.0 cm³/mol. The summed E-state index contributed by atoms with van der Waals surface area (Å²) in [7, 11) is 0. The van der Waals surface area contributed by atoms with Crippen LogP contribution in [0.4, 0.5) is 0 Å². The summed E-state index contributed by atoms with van der Waals surface area (Å²) in [5.74, 6) is -0.123. The van der Waals surface area contributed by atoms with Crippen LogP contribution in [0, 0.1) is 0 Å². The number of hydrogen-bond donors (Lipinski definition) is 2. The minimum absolute atomic E-state index is 0.123. The first-order chi connectivity index (χ1) is 7.36. The zero-order valence-corrected chi connectivity index (χ0v) is 11.3. The fraction of sp³-hybridized carbons (Fsp3) is 0.455. The van der Waals surface area contributed by atoms with Crippen molar-refractivity contribution < 1.29 is 4.79 Å². The van der Waals surface area contributed by atoms with Gasteiger partial charge in [-0.05, 0) is 32.4 Å². The van der Waals surface area contributed by atoms with Crippen molar-refractivity contribution in [1.29, 1.82) is 0 Å². The van der Waals surface area contributed by atoms with Crippen LogP contribution in [0.15, 0.2) is 12.1 Å². The van der Waals surface area contributed by atoms with Gasteiger partial charge < -0.3 is 11.1 Å². The van der Waals surface area contributed by atoms with Gasteiger partial charge in [0, 0.05) is 4.88 Å². The van der Waals surface area contributed by atoms with E-state index in [0.29, 0.717) is 4.88 Å². The number of thiophene rings is 1. The van der Waals surface area contributed by atoms with Gasteiger partial charge in [0.05, 0.1) is 15.4 Å². The summed E-state index contributed by atoms with van der Waals surface area (Å²) in [6.45, 7) is 5.65. The van der Waals surface area contributed by atoms with Gasteiger partial charge in [-0.1, -0.05) is 19.1 Å². The molecule has 5 heteroatoms. The van der Waals surface area contributed by atoms with Gasteiger partial charge in [-0.15, -0.1) is 11.3 Å². The molecule has 0 unspecified atom stereocenters. The molecule has 0 radical (unpaired) electrons. The third-order valence-corrected chi connectivity index (χ3v) is 4.01. The number of nitrogens with one attached hydrogen (secondary N) is 1. The highest BCUT2D eigenvalue weighted by molar-refractivity contribution is 7.80. The molecule has 0 saturated heterocycles. The van der Waals surface area contributed by atoms with Crippen molar-refractivity contribution in [3.05, 3.63) is 21.9 Å². The van der Waals surface area contributed by atoms with Gasteiger partial charge in [0.15, 0.2) is 0 Å². The van der Waals surface area contributed by atoms with E-state index in [-0.39, 0.29) is 10.9 Å². The van der Waals surface area contributed by atoms with Gasteiger partial charge in [-0.25, -0.2) is 0 Å². The fourth-order valence-electron chi connectivity index (χ4n) is 1.10. The third-order valence-electron chi connectivity index (χ3n) is 2.28. The minimum Gasteiger partial charge on any atom is -0.391 e. The van der Waals surface area contributed by atoms with E-state index in [9.17, 15) is 4.79 Å². The van der Waals surface area contributed by atoms with Gasteiger partial charge in [0.2, 0.25) is 0 Å². The van der Waals surface area contributed by atoms with Crippen molar-refractivity contribution in [1.82, 2.24) is 5.32 Å². The summed E-state index contributed by atoms with van der Waals surface area (Å²) in [6.07, 6.45) is 0.941. The number of aryl methyl sites for hydroxylation is 1. The molecule has 0 aliphatic heterocycles. The van der Waals surface area contributed by atoms with Crippen molar-refractivity contribution in [2.45, 2.75) is 32.7 Å². The molecule has 0 bridgehead atoms. The Morgan fingerprint density at radius 2 is 2.19 bits per heavy atom. The zero-order valence-electron chi connectivity index (χ0n) is 9.66. The molecule has 3 nitrogen and oxygen atoms in total. The first-order valence-corrected chi connectivity index (χ1v) is 6.30. The Hall–Kier alpha value is -0.940. The molecule has 1 rings (SSSR count). The first kappa shape index (κ1) is 13.1. The summed E-state index contributed by atoms with van der Waals surface area (Å²) in [4.78, 5) is 14.1. The topological polar surface area (TPSA) is 55.1 Å². The van der Waals surface area contributed by atoms with E-state index in [1.165, 1.54) is 16.2 Å². The van der Waals surface area contributed by atoms with E-state index in [1.54, 1.807) is 13.8 Å². The fourth-order valence-corrected chi connectivity index (χ4v) is 1.99. The van der Waals surface area contributed by atoms with E-state index < -0.39 is 5.54 Å². The molecule has 0 aliphatic rings. The number of carbonyl (C=O) groups is 1. The lowest BCUT2D eigenvalue weighted by atomic mass is 10.1. The lowest BCUT2D eigenvalue weighted by Gasteiger charge is -2.24. The van der Waals surface area contributed by atoms with Crippen LogP contribution in [0.5, 0.6) is 0 Å². The van der Waals surface area contributed by atoms with Crippen LogP contribution in [-0.4, -0.2) is 16.4 Å². The smallest absolute Gasteiger partial charge is 0.262 e. The molecule has 0 saturated carbocycles. The maximum atomic E-state index is 11.9. The molecule has 1 aromatic heterocycles. The van der Waals surface area contributed by atoms with E-state index in [0.717, 1.165) is 6.42 Å². The number of thiocarbonyl (C=S) groups is 1. The Morgan fingerprint density at radius 1 is 1.56 bits per heavy atom. The molecule has 16 heavy (non-hydrogen) atoms. The maximum Gasteiger partial charge on any atom is 0.262 e. The molecule has 0 aliphatic carbocycles. The van der Waals surface area contributed by atoms with Crippen molar-refractivity contribution in [3.8, 4) is 0 Å². The highest BCUT2D eigenvalue weighted by Gasteiger charge is 2.24. The van der Waals surface area contributed by atoms with E-state index >= 15 is 0 Å². The molecule has 88 valence electrons. The van der Waals surface area contributed by atoms with Crippen molar-refractivity contribution in [2.24, 2.45) is 5.73 Å². The second-order valence-electron chi connectivity index (χ2n) is 4.06. The Balaban J connectivity index is 2.76. The van der Waals surface area contributed by atoms with Crippen LogP contribution in [0.1, 0.15) is 35.3 Å². The second kappa shape index (κ2) is 4.93. The molecule has 0 fully saturated rings. The van der Waals surface area contributed by atoms with Gasteiger partial charge in [-0.2, -0.15) is 0 Å².